The normalized spacial score (nSPS) is 14.0. The standard InChI is InChI=1S/C28H31N5OS/c1-2-32(25-16-10-14-23-13-6-7-15-24(23)25)27(34)21-35-28-30-29-26(20-31-17-8-9-18-31)33(28)19-22-11-4-3-5-12-22/h3-7,10-16H,2,8-9,17-21H2,1H3. The molecule has 1 fully saturated rings. The molecular weight excluding hydrogens is 454 g/mol. The van der Waals surface area contributed by atoms with Crippen molar-refractivity contribution >= 4 is 34.1 Å². The van der Waals surface area contributed by atoms with Gasteiger partial charge in [0.25, 0.3) is 0 Å². The maximum atomic E-state index is 13.4. The fourth-order valence-electron chi connectivity index (χ4n) is 4.74. The smallest absolute Gasteiger partial charge is 0.237 e. The van der Waals surface area contributed by atoms with Gasteiger partial charge in [-0.05, 0) is 49.9 Å². The molecule has 7 heteroatoms. The highest BCUT2D eigenvalue weighted by Crippen LogP contribution is 2.28. The summed E-state index contributed by atoms with van der Waals surface area (Å²) < 4.78 is 2.18. The number of thioether (sulfide) groups is 1. The van der Waals surface area contributed by atoms with Crippen LogP contribution in [-0.4, -0.2) is 51.0 Å². The van der Waals surface area contributed by atoms with Crippen molar-refractivity contribution in [2.24, 2.45) is 0 Å². The summed E-state index contributed by atoms with van der Waals surface area (Å²) in [5.41, 5.74) is 2.16. The number of amides is 1. The molecular formula is C28H31N5OS. The van der Waals surface area contributed by atoms with Crippen molar-refractivity contribution in [1.29, 1.82) is 0 Å². The lowest BCUT2D eigenvalue weighted by atomic mass is 10.1. The Bertz CT molecular complexity index is 1280. The molecule has 1 aliphatic rings. The highest BCUT2D eigenvalue weighted by molar-refractivity contribution is 7.99. The minimum absolute atomic E-state index is 0.0733. The van der Waals surface area contributed by atoms with E-state index in [1.165, 1.54) is 30.2 Å². The summed E-state index contributed by atoms with van der Waals surface area (Å²) in [6, 6.07) is 24.7. The number of hydrogen-bond donors (Lipinski definition) is 0. The first kappa shape index (κ1) is 23.6. The van der Waals surface area contributed by atoms with Crippen molar-refractivity contribution in [3.8, 4) is 0 Å². The zero-order chi connectivity index (χ0) is 24.0. The summed E-state index contributed by atoms with van der Waals surface area (Å²) in [6.07, 6.45) is 2.48. The molecule has 0 atom stereocenters. The molecule has 1 saturated heterocycles. The number of carbonyl (C=O) groups excluding carboxylic acids is 1. The molecule has 1 aromatic heterocycles. The molecule has 1 aliphatic heterocycles. The first-order valence-corrected chi connectivity index (χ1v) is 13.3. The highest BCUT2D eigenvalue weighted by Gasteiger charge is 2.21. The number of rotatable bonds is 9. The summed E-state index contributed by atoms with van der Waals surface area (Å²) in [5, 5.41) is 12.1. The second-order valence-electron chi connectivity index (χ2n) is 8.88. The predicted molar refractivity (Wildman–Crippen MR) is 143 cm³/mol. The van der Waals surface area contributed by atoms with Crippen molar-refractivity contribution in [1.82, 2.24) is 19.7 Å². The van der Waals surface area contributed by atoms with Crippen molar-refractivity contribution in [2.45, 2.75) is 38.0 Å². The van der Waals surface area contributed by atoms with Gasteiger partial charge in [0.1, 0.15) is 5.82 Å². The minimum Gasteiger partial charge on any atom is -0.311 e. The first-order valence-electron chi connectivity index (χ1n) is 12.3. The lowest BCUT2D eigenvalue weighted by Gasteiger charge is -2.22. The second-order valence-corrected chi connectivity index (χ2v) is 9.82. The molecule has 3 aromatic carbocycles. The van der Waals surface area contributed by atoms with E-state index in [4.69, 9.17) is 0 Å². The van der Waals surface area contributed by atoms with Crippen molar-refractivity contribution in [2.75, 3.05) is 30.3 Å². The van der Waals surface area contributed by atoms with Crippen LogP contribution in [0.15, 0.2) is 78.0 Å². The van der Waals surface area contributed by atoms with Crippen LogP contribution in [0.3, 0.4) is 0 Å². The van der Waals surface area contributed by atoms with Gasteiger partial charge in [0.15, 0.2) is 5.16 Å². The summed E-state index contributed by atoms with van der Waals surface area (Å²) in [7, 11) is 0. The number of fused-ring (bicyclic) bond motifs is 1. The van der Waals surface area contributed by atoms with Gasteiger partial charge in [-0.2, -0.15) is 0 Å². The molecule has 6 nitrogen and oxygen atoms in total. The van der Waals surface area contributed by atoms with Gasteiger partial charge < -0.3 is 9.47 Å². The van der Waals surface area contributed by atoms with Gasteiger partial charge in [0, 0.05) is 11.9 Å². The van der Waals surface area contributed by atoms with Crippen LogP contribution in [0, 0.1) is 0 Å². The van der Waals surface area contributed by atoms with E-state index in [0.29, 0.717) is 18.8 Å². The number of aromatic nitrogens is 3. The van der Waals surface area contributed by atoms with E-state index < -0.39 is 0 Å². The zero-order valence-electron chi connectivity index (χ0n) is 20.1. The van der Waals surface area contributed by atoms with Crippen LogP contribution >= 0.6 is 11.8 Å². The molecule has 1 amide bonds. The molecule has 35 heavy (non-hydrogen) atoms. The average molecular weight is 486 g/mol. The Labute approximate surface area is 211 Å². The number of carbonyl (C=O) groups is 1. The lowest BCUT2D eigenvalue weighted by molar-refractivity contribution is -0.116. The SMILES string of the molecule is CCN(C(=O)CSc1nnc(CN2CCCC2)n1Cc1ccccc1)c1cccc2ccccc12. The minimum atomic E-state index is 0.0733. The van der Waals surface area contributed by atoms with Gasteiger partial charge in [-0.1, -0.05) is 78.5 Å². The molecule has 4 aromatic rings. The average Bonchev–Trinajstić information content (AvgIpc) is 3.54. The Balaban J connectivity index is 1.36. The Morgan fingerprint density at radius 2 is 1.66 bits per heavy atom. The van der Waals surface area contributed by atoms with Gasteiger partial charge in [0.05, 0.1) is 24.5 Å². The third kappa shape index (κ3) is 5.41. The topological polar surface area (TPSA) is 54.3 Å². The highest BCUT2D eigenvalue weighted by atomic mass is 32.2. The Hall–Kier alpha value is -3.16. The number of nitrogens with zero attached hydrogens (tertiary/aromatic N) is 5. The molecule has 0 spiro atoms. The fraction of sp³-hybridized carbons (Fsp3) is 0.321. The van der Waals surface area contributed by atoms with Gasteiger partial charge in [0.2, 0.25) is 5.91 Å². The maximum Gasteiger partial charge on any atom is 0.237 e. The Morgan fingerprint density at radius 3 is 2.46 bits per heavy atom. The molecule has 0 saturated carbocycles. The van der Waals surface area contributed by atoms with Crippen molar-refractivity contribution < 1.29 is 4.79 Å². The molecule has 0 bridgehead atoms. The summed E-state index contributed by atoms with van der Waals surface area (Å²) in [5.74, 6) is 1.35. The van der Waals surface area contributed by atoms with Crippen LogP contribution in [0.4, 0.5) is 5.69 Å². The first-order chi connectivity index (χ1) is 17.2. The fourth-order valence-corrected chi connectivity index (χ4v) is 5.57. The van der Waals surface area contributed by atoms with E-state index in [1.54, 1.807) is 0 Å². The maximum absolute atomic E-state index is 13.4. The number of hydrogen-bond acceptors (Lipinski definition) is 5. The number of benzene rings is 3. The van der Waals surface area contributed by atoms with E-state index in [0.717, 1.165) is 47.1 Å². The molecule has 2 heterocycles. The van der Waals surface area contributed by atoms with Crippen LogP contribution in [0.2, 0.25) is 0 Å². The molecule has 180 valence electrons. The van der Waals surface area contributed by atoms with Crippen LogP contribution < -0.4 is 4.90 Å². The van der Waals surface area contributed by atoms with Gasteiger partial charge in [-0.25, -0.2) is 0 Å². The van der Waals surface area contributed by atoms with Crippen molar-refractivity contribution in [3.63, 3.8) is 0 Å². The van der Waals surface area contributed by atoms with Gasteiger partial charge >= 0.3 is 0 Å². The summed E-state index contributed by atoms with van der Waals surface area (Å²) >= 11 is 1.48. The summed E-state index contributed by atoms with van der Waals surface area (Å²) in [6.45, 7) is 6.35. The van der Waals surface area contributed by atoms with E-state index in [-0.39, 0.29) is 5.91 Å². The van der Waals surface area contributed by atoms with E-state index in [1.807, 2.05) is 42.2 Å². The summed E-state index contributed by atoms with van der Waals surface area (Å²) in [4.78, 5) is 17.7. The quantitative estimate of drug-likeness (QED) is 0.304. The monoisotopic (exact) mass is 485 g/mol. The molecule has 0 radical (unpaired) electrons. The van der Waals surface area contributed by atoms with Crippen molar-refractivity contribution in [3.05, 3.63) is 84.2 Å². The van der Waals surface area contributed by atoms with E-state index in [9.17, 15) is 4.79 Å². The molecule has 0 aliphatic carbocycles. The van der Waals surface area contributed by atoms with E-state index >= 15 is 0 Å². The van der Waals surface area contributed by atoms with Crippen LogP contribution in [-0.2, 0) is 17.9 Å². The Morgan fingerprint density at radius 1 is 0.914 bits per heavy atom. The van der Waals surface area contributed by atoms with E-state index in [2.05, 4.69) is 62.1 Å². The molecule has 0 unspecified atom stereocenters. The Kier molecular flexibility index (Phi) is 7.45. The second kappa shape index (κ2) is 11.1. The largest absolute Gasteiger partial charge is 0.311 e. The lowest BCUT2D eigenvalue weighted by Crippen LogP contribution is -2.32. The van der Waals surface area contributed by atoms with Gasteiger partial charge in [-0.15, -0.1) is 10.2 Å². The molecule has 5 rings (SSSR count). The van der Waals surface area contributed by atoms with Crippen LogP contribution in [0.5, 0.6) is 0 Å². The zero-order valence-corrected chi connectivity index (χ0v) is 21.0. The third-order valence-electron chi connectivity index (χ3n) is 6.54. The van der Waals surface area contributed by atoms with Crippen LogP contribution in [0.25, 0.3) is 10.8 Å². The third-order valence-corrected chi connectivity index (χ3v) is 7.49. The number of anilines is 1. The number of likely N-dealkylation sites (tertiary alicyclic amines) is 1. The molecule has 0 N–H and O–H groups in total. The predicted octanol–water partition coefficient (Wildman–Crippen LogP) is 5.22. The van der Waals surface area contributed by atoms with Gasteiger partial charge in [-0.3, -0.25) is 9.69 Å². The van der Waals surface area contributed by atoms with Crippen LogP contribution in [0.1, 0.15) is 31.2 Å².